The smallest absolute Gasteiger partial charge is 0.255 e. The lowest BCUT2D eigenvalue weighted by molar-refractivity contribution is 0.0742. The van der Waals surface area contributed by atoms with E-state index in [0.717, 1.165) is 5.56 Å². The van der Waals surface area contributed by atoms with Crippen molar-refractivity contribution in [1.82, 2.24) is 4.90 Å². The minimum Gasteiger partial charge on any atom is -0.335 e. The summed E-state index contributed by atoms with van der Waals surface area (Å²) >= 11 is 6.16. The Morgan fingerprint density at radius 1 is 0.929 bits per heavy atom. The highest BCUT2D eigenvalue weighted by Crippen LogP contribution is 2.25. The van der Waals surface area contributed by atoms with E-state index in [9.17, 15) is 9.59 Å². The molecule has 0 aromatic heterocycles. The summed E-state index contributed by atoms with van der Waals surface area (Å²) in [6.07, 6.45) is 0. The van der Waals surface area contributed by atoms with Gasteiger partial charge in [0.1, 0.15) is 0 Å². The highest BCUT2D eigenvalue weighted by atomic mass is 35.5. The van der Waals surface area contributed by atoms with E-state index in [1.54, 1.807) is 48.3 Å². The van der Waals surface area contributed by atoms with Crippen LogP contribution in [0.2, 0.25) is 5.02 Å². The van der Waals surface area contributed by atoms with E-state index in [4.69, 9.17) is 11.6 Å². The van der Waals surface area contributed by atoms with Crippen molar-refractivity contribution in [3.8, 4) is 0 Å². The van der Waals surface area contributed by atoms with Crippen molar-refractivity contribution in [3.63, 3.8) is 0 Å². The maximum Gasteiger partial charge on any atom is 0.255 e. The Morgan fingerprint density at radius 2 is 1.61 bits per heavy atom. The topological polar surface area (TPSA) is 49.4 Å². The number of carbonyl (C=O) groups is 2. The number of nitrogens with one attached hydrogen (secondary N) is 1. The van der Waals surface area contributed by atoms with E-state index in [-0.39, 0.29) is 17.9 Å². The Bertz CT molecular complexity index is 989. The molecule has 4 nitrogen and oxygen atoms in total. The van der Waals surface area contributed by atoms with Crippen molar-refractivity contribution < 1.29 is 9.59 Å². The number of carbonyl (C=O) groups excluding carboxylic acids is 2. The van der Waals surface area contributed by atoms with Gasteiger partial charge in [-0.25, -0.2) is 0 Å². The first-order valence-corrected chi connectivity index (χ1v) is 9.33. The second kappa shape index (κ2) is 8.72. The van der Waals surface area contributed by atoms with Gasteiger partial charge in [0.2, 0.25) is 0 Å². The molecule has 5 heteroatoms. The number of benzene rings is 3. The van der Waals surface area contributed by atoms with Gasteiger partial charge in [0, 0.05) is 18.3 Å². The van der Waals surface area contributed by atoms with E-state index in [1.807, 2.05) is 49.4 Å². The first-order chi connectivity index (χ1) is 13.5. The number of amides is 2. The molecule has 0 aliphatic rings. The summed E-state index contributed by atoms with van der Waals surface area (Å²) < 4.78 is 0. The number of halogens is 1. The molecule has 0 heterocycles. The largest absolute Gasteiger partial charge is 0.335 e. The van der Waals surface area contributed by atoms with Gasteiger partial charge in [-0.2, -0.15) is 0 Å². The van der Waals surface area contributed by atoms with E-state index in [2.05, 4.69) is 5.32 Å². The molecule has 1 atom stereocenters. The van der Waals surface area contributed by atoms with Crippen molar-refractivity contribution in [2.75, 3.05) is 12.4 Å². The van der Waals surface area contributed by atoms with Crippen molar-refractivity contribution in [1.29, 1.82) is 0 Å². The normalized spacial score (nSPS) is 11.5. The van der Waals surface area contributed by atoms with Crippen LogP contribution in [-0.2, 0) is 0 Å². The average molecular weight is 393 g/mol. The van der Waals surface area contributed by atoms with Crippen LogP contribution in [0.3, 0.4) is 0 Å². The maximum absolute atomic E-state index is 12.8. The van der Waals surface area contributed by atoms with E-state index in [1.165, 1.54) is 0 Å². The van der Waals surface area contributed by atoms with Crippen molar-refractivity contribution in [2.24, 2.45) is 0 Å². The minimum atomic E-state index is -0.197. The lowest BCUT2D eigenvalue weighted by Gasteiger charge is -2.26. The van der Waals surface area contributed by atoms with Gasteiger partial charge in [-0.05, 0) is 48.9 Å². The Labute approximate surface area is 169 Å². The van der Waals surface area contributed by atoms with Crippen molar-refractivity contribution in [2.45, 2.75) is 13.0 Å². The molecule has 0 radical (unpaired) electrons. The summed E-state index contributed by atoms with van der Waals surface area (Å²) in [6.45, 7) is 1.94. The zero-order chi connectivity index (χ0) is 20.1. The van der Waals surface area contributed by atoms with Crippen LogP contribution in [0.15, 0.2) is 78.9 Å². The van der Waals surface area contributed by atoms with Gasteiger partial charge in [-0.3, -0.25) is 9.59 Å². The van der Waals surface area contributed by atoms with Gasteiger partial charge in [0.15, 0.2) is 0 Å². The first kappa shape index (κ1) is 19.6. The zero-order valence-electron chi connectivity index (χ0n) is 15.7. The van der Waals surface area contributed by atoms with Crippen LogP contribution < -0.4 is 5.32 Å². The predicted molar refractivity (Wildman–Crippen MR) is 113 cm³/mol. The molecular weight excluding hydrogens is 372 g/mol. The molecule has 3 aromatic carbocycles. The second-order valence-corrected chi connectivity index (χ2v) is 6.92. The Hall–Kier alpha value is -3.11. The third-order valence-corrected chi connectivity index (χ3v) is 5.00. The van der Waals surface area contributed by atoms with Gasteiger partial charge in [-0.15, -0.1) is 0 Å². The van der Waals surface area contributed by atoms with Crippen molar-refractivity contribution in [3.05, 3.63) is 101 Å². The van der Waals surface area contributed by atoms with E-state index >= 15 is 0 Å². The fourth-order valence-corrected chi connectivity index (χ4v) is 3.11. The standard InChI is InChI=1S/C23H21ClN2O2/c1-16(26(2)23(28)20-13-6-7-14-21(20)24)18-11-8-12-19(15-18)25-22(27)17-9-4-3-5-10-17/h3-16H,1-2H3,(H,25,27). The summed E-state index contributed by atoms with van der Waals surface area (Å²) in [4.78, 5) is 26.8. The lowest BCUT2D eigenvalue weighted by Crippen LogP contribution is -2.30. The average Bonchev–Trinajstić information content (AvgIpc) is 2.73. The fourth-order valence-electron chi connectivity index (χ4n) is 2.89. The van der Waals surface area contributed by atoms with Crippen LogP contribution in [0.4, 0.5) is 5.69 Å². The van der Waals surface area contributed by atoms with Gasteiger partial charge < -0.3 is 10.2 Å². The molecule has 142 valence electrons. The van der Waals surface area contributed by atoms with Gasteiger partial charge >= 0.3 is 0 Å². The molecule has 28 heavy (non-hydrogen) atoms. The highest BCUT2D eigenvalue weighted by molar-refractivity contribution is 6.33. The molecule has 0 saturated heterocycles. The number of hydrogen-bond donors (Lipinski definition) is 1. The molecule has 0 spiro atoms. The van der Waals surface area contributed by atoms with Crippen LogP contribution in [0.5, 0.6) is 0 Å². The summed E-state index contributed by atoms with van der Waals surface area (Å²) in [5.74, 6) is -0.331. The van der Waals surface area contributed by atoms with Gasteiger partial charge in [-0.1, -0.05) is 54.1 Å². The number of nitrogens with zero attached hydrogens (tertiary/aromatic N) is 1. The molecule has 0 aliphatic carbocycles. The maximum atomic E-state index is 12.8. The highest BCUT2D eigenvalue weighted by Gasteiger charge is 2.21. The number of anilines is 1. The summed E-state index contributed by atoms with van der Waals surface area (Å²) in [6, 6.07) is 23.3. The van der Waals surface area contributed by atoms with Gasteiger partial charge in [0.05, 0.1) is 16.6 Å². The SMILES string of the molecule is CC(c1cccc(NC(=O)c2ccccc2)c1)N(C)C(=O)c1ccccc1Cl. The van der Waals surface area contributed by atoms with Crippen LogP contribution in [0, 0.1) is 0 Å². The van der Waals surface area contributed by atoms with Crippen LogP contribution in [-0.4, -0.2) is 23.8 Å². The number of rotatable bonds is 5. The molecule has 0 bridgehead atoms. The Kier molecular flexibility index (Phi) is 6.12. The van der Waals surface area contributed by atoms with Crippen LogP contribution in [0.1, 0.15) is 39.2 Å². The zero-order valence-corrected chi connectivity index (χ0v) is 16.5. The molecule has 1 N–H and O–H groups in total. The van der Waals surface area contributed by atoms with Gasteiger partial charge in [0.25, 0.3) is 11.8 Å². The molecule has 3 rings (SSSR count). The molecule has 2 amide bonds. The summed E-state index contributed by atoms with van der Waals surface area (Å²) in [5, 5.41) is 3.33. The molecule has 1 unspecified atom stereocenters. The monoisotopic (exact) mass is 392 g/mol. The van der Waals surface area contributed by atoms with E-state index < -0.39 is 0 Å². The molecular formula is C23H21ClN2O2. The Morgan fingerprint density at radius 3 is 2.32 bits per heavy atom. The lowest BCUT2D eigenvalue weighted by atomic mass is 10.0. The third kappa shape index (κ3) is 4.41. The van der Waals surface area contributed by atoms with Crippen LogP contribution in [0.25, 0.3) is 0 Å². The minimum absolute atomic E-state index is 0.156. The second-order valence-electron chi connectivity index (χ2n) is 6.52. The molecule has 0 aliphatic heterocycles. The predicted octanol–water partition coefficient (Wildman–Crippen LogP) is 5.43. The third-order valence-electron chi connectivity index (χ3n) is 4.67. The van der Waals surface area contributed by atoms with E-state index in [0.29, 0.717) is 21.8 Å². The van der Waals surface area contributed by atoms with Crippen molar-refractivity contribution >= 4 is 29.1 Å². The summed E-state index contributed by atoms with van der Waals surface area (Å²) in [5.41, 5.74) is 2.64. The first-order valence-electron chi connectivity index (χ1n) is 8.95. The molecule has 3 aromatic rings. The molecule has 0 fully saturated rings. The van der Waals surface area contributed by atoms with Crippen LogP contribution >= 0.6 is 11.6 Å². The fraction of sp³-hybridized carbons (Fsp3) is 0.130. The summed E-state index contributed by atoms with van der Waals surface area (Å²) in [7, 11) is 1.74. The quantitative estimate of drug-likeness (QED) is 0.629. The Balaban J connectivity index is 1.76. The molecule has 0 saturated carbocycles. The number of hydrogen-bond acceptors (Lipinski definition) is 2.